The molecule has 0 N–H and O–H groups in total. The van der Waals surface area contributed by atoms with Gasteiger partial charge in [0.15, 0.2) is 11.6 Å². The number of unbranched alkanes of at least 4 members (excludes halogenated alkanes) is 32. The maximum Gasteiger partial charge on any atom is 0.168 e. The summed E-state index contributed by atoms with van der Waals surface area (Å²) in [4.78, 5) is 5.83. The van der Waals surface area contributed by atoms with E-state index in [0.717, 1.165) is 50.8 Å². The second kappa shape index (κ2) is 40.9. The Bertz CT molecular complexity index is 2380. The predicted molar refractivity (Wildman–Crippen MR) is 351 cm³/mol. The molecule has 5 aromatic rings. The lowest BCUT2D eigenvalue weighted by atomic mass is 9.88. The van der Waals surface area contributed by atoms with Crippen LogP contribution in [0.4, 0.5) is 17.6 Å². The molecule has 0 amide bonds. The number of rotatable bonds is 48. The molecule has 4 heterocycles. The van der Waals surface area contributed by atoms with Crippen LogP contribution in [0, 0.1) is 49.0 Å². The number of thiophene rings is 4. The lowest BCUT2D eigenvalue weighted by Gasteiger charge is -2.17. The van der Waals surface area contributed by atoms with Gasteiger partial charge < -0.3 is 0 Å². The van der Waals surface area contributed by atoms with Gasteiger partial charge in [-0.05, 0) is 86.1 Å². The SMILES string of the molecule is CCCCCCCCCCCCC(CCCCCCCCCC)Cc1cc(-c2ccc(-c3cc(C)c(CC(CCCCCCCCCC)CCCCCCCCCCCC)s3)c(F)c2F)sc1-c1cc(F)c(-c2sc(C)cc2F)s1. The fourth-order valence-electron chi connectivity index (χ4n) is 12.2. The first-order valence-electron chi connectivity index (χ1n) is 33.3. The minimum atomic E-state index is -0.821. The van der Waals surface area contributed by atoms with Crippen LogP contribution in [0.25, 0.3) is 40.4 Å². The van der Waals surface area contributed by atoms with Crippen molar-refractivity contribution in [3.05, 3.63) is 80.5 Å². The maximum atomic E-state index is 16.9. The first-order chi connectivity index (χ1) is 39.1. The Labute approximate surface area is 503 Å². The van der Waals surface area contributed by atoms with Crippen LogP contribution in [0.1, 0.15) is 305 Å². The van der Waals surface area contributed by atoms with Crippen LogP contribution >= 0.6 is 45.3 Å². The zero-order valence-corrected chi connectivity index (χ0v) is 54.7. The van der Waals surface area contributed by atoms with E-state index in [2.05, 4.69) is 46.8 Å². The van der Waals surface area contributed by atoms with Crippen molar-refractivity contribution in [2.24, 2.45) is 11.8 Å². The molecule has 0 aliphatic heterocycles. The average molecular weight is 1180 g/mol. The fraction of sp³-hybridized carbons (Fsp3) is 0.694. The summed E-state index contributed by atoms with van der Waals surface area (Å²) in [6.45, 7) is 13.1. The van der Waals surface area contributed by atoms with Gasteiger partial charge in [-0.15, -0.1) is 45.3 Å². The molecule has 0 nitrogen and oxygen atoms in total. The molecule has 450 valence electrons. The molecular weight excluding hydrogens is 1070 g/mol. The Balaban J connectivity index is 1.36. The molecule has 4 aromatic heterocycles. The van der Waals surface area contributed by atoms with Crippen LogP contribution in [0.15, 0.2) is 36.4 Å². The van der Waals surface area contributed by atoms with E-state index in [9.17, 15) is 0 Å². The molecule has 2 unspecified atom stereocenters. The van der Waals surface area contributed by atoms with Crippen molar-refractivity contribution >= 4 is 45.3 Å². The van der Waals surface area contributed by atoms with E-state index in [4.69, 9.17) is 0 Å². The van der Waals surface area contributed by atoms with Gasteiger partial charge in [0, 0.05) is 40.4 Å². The number of halogens is 4. The Morgan fingerprint density at radius 2 is 0.675 bits per heavy atom. The standard InChI is InChI=1S/C72H110F4S4/c1-7-11-15-19-23-27-29-33-36-40-44-57(43-39-35-31-25-21-17-13-9-3)51-59-53-66(79-70(59)67-54-63(74)72(80-67)71-62(73)50-56(6)77-71)61-48-47-60(68(75)69(61)76)65-49-55(5)64(78-65)52-58(45-41-37-32-26-22-18-14-10-4)46-42-38-34-30-28-24-20-16-12-8-2/h47-50,53-54,57-58H,7-46,51-52H2,1-6H3. The van der Waals surface area contributed by atoms with Crippen molar-refractivity contribution in [2.75, 3.05) is 0 Å². The van der Waals surface area contributed by atoms with E-state index < -0.39 is 23.3 Å². The molecule has 0 bridgehead atoms. The third-order valence-electron chi connectivity index (χ3n) is 17.2. The maximum absolute atomic E-state index is 16.9. The number of aryl methyl sites for hydroxylation is 2. The molecule has 80 heavy (non-hydrogen) atoms. The van der Waals surface area contributed by atoms with Crippen molar-refractivity contribution in [3.8, 4) is 40.4 Å². The van der Waals surface area contributed by atoms with Crippen LogP contribution in [-0.2, 0) is 12.8 Å². The van der Waals surface area contributed by atoms with Crippen molar-refractivity contribution in [3.63, 3.8) is 0 Å². The molecule has 0 aliphatic carbocycles. The third-order valence-corrected chi connectivity index (χ3v) is 22.2. The van der Waals surface area contributed by atoms with Crippen molar-refractivity contribution < 1.29 is 17.6 Å². The first kappa shape index (κ1) is 68.5. The van der Waals surface area contributed by atoms with Gasteiger partial charge in [-0.1, -0.05) is 285 Å². The van der Waals surface area contributed by atoms with Crippen LogP contribution in [0.3, 0.4) is 0 Å². The summed E-state index contributed by atoms with van der Waals surface area (Å²) in [6.07, 6.45) is 53.8. The van der Waals surface area contributed by atoms with Crippen LogP contribution < -0.4 is 0 Å². The van der Waals surface area contributed by atoms with Gasteiger partial charge in [0.25, 0.3) is 0 Å². The lowest BCUT2D eigenvalue weighted by molar-refractivity contribution is 0.400. The Morgan fingerprint density at radius 1 is 0.338 bits per heavy atom. The summed E-state index contributed by atoms with van der Waals surface area (Å²) < 4.78 is 65.0. The lowest BCUT2D eigenvalue weighted by Crippen LogP contribution is -2.05. The normalized spacial score (nSPS) is 12.6. The Kier molecular flexibility index (Phi) is 35.0. The van der Waals surface area contributed by atoms with Gasteiger partial charge in [-0.25, -0.2) is 17.6 Å². The molecule has 8 heteroatoms. The molecule has 0 saturated carbocycles. The van der Waals surface area contributed by atoms with Crippen molar-refractivity contribution in [1.82, 2.24) is 0 Å². The van der Waals surface area contributed by atoms with Gasteiger partial charge in [-0.2, -0.15) is 0 Å². The van der Waals surface area contributed by atoms with E-state index >= 15 is 17.6 Å². The molecule has 0 fully saturated rings. The Hall–Kier alpha value is -2.26. The molecule has 0 saturated heterocycles. The molecule has 1 aromatic carbocycles. The summed E-state index contributed by atoms with van der Waals surface area (Å²) in [5.41, 5.74) is 2.84. The quantitative estimate of drug-likeness (QED) is 0.0269. The van der Waals surface area contributed by atoms with Gasteiger partial charge in [0.1, 0.15) is 11.6 Å². The van der Waals surface area contributed by atoms with E-state index in [0.29, 0.717) is 32.0 Å². The van der Waals surface area contributed by atoms with Gasteiger partial charge in [0.2, 0.25) is 0 Å². The predicted octanol–water partition coefficient (Wildman–Crippen LogP) is 27.8. The second-order valence-corrected chi connectivity index (χ2v) is 28.9. The molecule has 0 aliphatic rings. The first-order valence-corrected chi connectivity index (χ1v) is 36.6. The minimum Gasteiger partial charge on any atom is -0.205 e. The highest BCUT2D eigenvalue weighted by molar-refractivity contribution is 7.27. The highest BCUT2D eigenvalue weighted by Crippen LogP contribution is 2.48. The van der Waals surface area contributed by atoms with Gasteiger partial charge >= 0.3 is 0 Å². The molecule has 2 atom stereocenters. The van der Waals surface area contributed by atoms with Crippen molar-refractivity contribution in [1.29, 1.82) is 0 Å². The zero-order chi connectivity index (χ0) is 57.2. The van der Waals surface area contributed by atoms with Crippen LogP contribution in [0.2, 0.25) is 0 Å². The summed E-state index contributed by atoms with van der Waals surface area (Å²) >= 11 is 5.65. The largest absolute Gasteiger partial charge is 0.205 e. The number of hydrogen-bond acceptors (Lipinski definition) is 4. The monoisotopic (exact) mass is 1180 g/mol. The molecule has 5 rings (SSSR count). The molecule has 0 radical (unpaired) electrons. The summed E-state index contributed by atoms with van der Waals surface area (Å²) in [5.74, 6) is -1.41. The van der Waals surface area contributed by atoms with Crippen LogP contribution in [-0.4, -0.2) is 0 Å². The summed E-state index contributed by atoms with van der Waals surface area (Å²) in [6, 6.07) is 10.8. The third kappa shape index (κ3) is 24.8. The van der Waals surface area contributed by atoms with Crippen molar-refractivity contribution in [2.45, 2.75) is 311 Å². The van der Waals surface area contributed by atoms with E-state index in [-0.39, 0.29) is 5.56 Å². The molecule has 0 spiro atoms. The Morgan fingerprint density at radius 3 is 1.06 bits per heavy atom. The summed E-state index contributed by atoms with van der Waals surface area (Å²) in [7, 11) is 0. The highest BCUT2D eigenvalue weighted by Gasteiger charge is 2.26. The average Bonchev–Trinajstić information content (AvgIpc) is 4.23. The van der Waals surface area contributed by atoms with E-state index in [1.807, 2.05) is 6.92 Å². The fourth-order valence-corrected chi connectivity index (χ4v) is 16.9. The van der Waals surface area contributed by atoms with E-state index in [1.54, 1.807) is 29.5 Å². The minimum absolute atomic E-state index is 0.255. The highest BCUT2D eigenvalue weighted by atomic mass is 32.1. The smallest absolute Gasteiger partial charge is 0.168 e. The van der Waals surface area contributed by atoms with Gasteiger partial charge in [0.05, 0.1) is 9.75 Å². The van der Waals surface area contributed by atoms with E-state index in [1.165, 1.54) is 295 Å². The van der Waals surface area contributed by atoms with Crippen LogP contribution in [0.5, 0.6) is 0 Å². The zero-order valence-electron chi connectivity index (χ0n) is 51.5. The number of benzene rings is 1. The number of hydrogen-bond donors (Lipinski definition) is 0. The molecular formula is C72H110F4S4. The second-order valence-electron chi connectivity index (χ2n) is 24.4. The summed E-state index contributed by atoms with van der Waals surface area (Å²) in [5, 5.41) is 0. The van der Waals surface area contributed by atoms with Gasteiger partial charge in [-0.3, -0.25) is 0 Å². The topological polar surface area (TPSA) is 0 Å².